The summed E-state index contributed by atoms with van der Waals surface area (Å²) in [6.45, 7) is 1.97. The molecular weight excluding hydrogens is 232 g/mol. The van der Waals surface area contributed by atoms with Crippen LogP contribution in [0.1, 0.15) is 12.8 Å². The largest absolute Gasteiger partial charge is 1.00 e. The van der Waals surface area contributed by atoms with Gasteiger partial charge in [-0.15, -0.1) is 0 Å². The zero-order valence-electron chi connectivity index (χ0n) is 10.2. The van der Waals surface area contributed by atoms with Crippen LogP contribution in [0, 0.1) is 0 Å². The van der Waals surface area contributed by atoms with Gasteiger partial charge in [0, 0.05) is 0 Å². The molecule has 1 rings (SSSR count). The van der Waals surface area contributed by atoms with E-state index in [0.717, 1.165) is 30.4 Å². The summed E-state index contributed by atoms with van der Waals surface area (Å²) in [5.41, 5.74) is 0. The molecule has 0 aromatic heterocycles. The lowest BCUT2D eigenvalue weighted by Crippen LogP contribution is -3.00. The molecule has 5 nitrogen and oxygen atoms in total. The van der Waals surface area contributed by atoms with Crippen molar-refractivity contribution in [1.82, 2.24) is 5.32 Å². The molecule has 0 aromatic rings. The maximum Gasteiger partial charge on any atom is 0.320 e. The van der Waals surface area contributed by atoms with Gasteiger partial charge in [-0.2, -0.15) is 0 Å². The summed E-state index contributed by atoms with van der Waals surface area (Å²) in [5, 5.41) is 19.6. The lowest BCUT2D eigenvalue weighted by Gasteiger charge is -2.21. The van der Waals surface area contributed by atoms with Crippen LogP contribution in [0.5, 0.6) is 0 Å². The highest BCUT2D eigenvalue weighted by Crippen LogP contribution is 2.03. The smallest absolute Gasteiger partial charge is 0.320 e. The molecule has 1 saturated heterocycles. The average molecular weight is 255 g/mol. The number of halogens is 1. The van der Waals surface area contributed by atoms with Gasteiger partial charge in [0.15, 0.2) is 0 Å². The molecule has 0 amide bonds. The second kappa shape index (κ2) is 8.75. The predicted molar refractivity (Wildman–Crippen MR) is 58.6 cm³/mol. The van der Waals surface area contributed by atoms with Crippen molar-refractivity contribution in [3.05, 3.63) is 0 Å². The Labute approximate surface area is 103 Å². The molecule has 1 heterocycles. The van der Waals surface area contributed by atoms with Gasteiger partial charge < -0.3 is 32.4 Å². The number of nitrogens with zero attached hydrogens (tertiary/aromatic N) is 1. The van der Waals surface area contributed by atoms with E-state index < -0.39 is 5.97 Å². The van der Waals surface area contributed by atoms with E-state index in [0.29, 0.717) is 0 Å². The second-order valence-corrected chi connectivity index (χ2v) is 4.72. The zero-order valence-corrected chi connectivity index (χ0v) is 11.0. The monoisotopic (exact) mass is 254 g/mol. The Morgan fingerprint density at radius 2 is 2.00 bits per heavy atom. The summed E-state index contributed by atoms with van der Waals surface area (Å²) in [6.07, 6.45) is 1.78. The summed E-state index contributed by atoms with van der Waals surface area (Å²) in [4.78, 5) is 10.1. The number of hydrogen-bond acceptors (Lipinski definition) is 3. The average Bonchev–Trinajstić information content (AvgIpc) is 2.53. The van der Waals surface area contributed by atoms with E-state index in [4.69, 9.17) is 10.2 Å². The number of aliphatic hydroxyl groups is 1. The number of carbonyl (C=O) groups is 1. The number of rotatable bonds is 3. The minimum Gasteiger partial charge on any atom is -1.00 e. The molecule has 1 aliphatic rings. The Morgan fingerprint density at radius 1 is 1.44 bits per heavy atom. The predicted octanol–water partition coefficient (Wildman–Crippen LogP) is -3.49. The van der Waals surface area contributed by atoms with Gasteiger partial charge in [0.05, 0.1) is 27.7 Å². The van der Waals surface area contributed by atoms with E-state index >= 15 is 0 Å². The van der Waals surface area contributed by atoms with Crippen molar-refractivity contribution in [2.24, 2.45) is 0 Å². The number of nitrogens with one attached hydrogen (secondary N) is 1. The molecule has 3 N–H and O–H groups in total. The standard InChI is InChI=1S/C5H9NO2.C5H14NO.ClH/c7-5(8)4-2-1-3-6-4;1-6(2,3)4-5-7;/h4,6H,1-3H2,(H,7,8);7H,4-5H2,1-3H3;1H/q;+1;/p-1. The first kappa shape index (κ1) is 18.0. The summed E-state index contributed by atoms with van der Waals surface area (Å²) in [7, 11) is 6.16. The third kappa shape index (κ3) is 10.2. The highest BCUT2D eigenvalue weighted by atomic mass is 35.5. The first-order valence-corrected chi connectivity index (χ1v) is 5.24. The van der Waals surface area contributed by atoms with Crippen LogP contribution in [-0.2, 0) is 4.79 Å². The zero-order chi connectivity index (χ0) is 11.9. The van der Waals surface area contributed by atoms with Gasteiger partial charge in [-0.25, -0.2) is 0 Å². The summed E-state index contributed by atoms with van der Waals surface area (Å²) in [6, 6.07) is -0.269. The number of aliphatic hydroxyl groups excluding tert-OH is 1. The van der Waals surface area contributed by atoms with Crippen molar-refractivity contribution in [2.75, 3.05) is 40.8 Å². The van der Waals surface area contributed by atoms with E-state index in [1.54, 1.807) is 0 Å². The van der Waals surface area contributed by atoms with Crippen molar-refractivity contribution in [3.63, 3.8) is 0 Å². The number of carboxylic acids is 1. The number of hydrogen-bond donors (Lipinski definition) is 3. The normalized spacial score (nSPS) is 19.4. The van der Waals surface area contributed by atoms with Gasteiger partial charge in [0.2, 0.25) is 0 Å². The van der Waals surface area contributed by atoms with Gasteiger partial charge in [-0.1, -0.05) is 0 Å². The van der Waals surface area contributed by atoms with Crippen LogP contribution in [0.25, 0.3) is 0 Å². The molecular formula is C10H23ClN2O3. The maximum atomic E-state index is 10.1. The topological polar surface area (TPSA) is 69.6 Å². The first-order valence-electron chi connectivity index (χ1n) is 5.24. The molecule has 16 heavy (non-hydrogen) atoms. The number of carboxylic acid groups (broad SMARTS) is 1. The Balaban J connectivity index is 0. The van der Waals surface area contributed by atoms with Crippen LogP contribution in [0.15, 0.2) is 0 Å². The molecule has 6 heteroatoms. The highest BCUT2D eigenvalue weighted by molar-refractivity contribution is 5.73. The molecule has 1 fully saturated rings. The molecule has 1 unspecified atom stereocenters. The molecule has 0 radical (unpaired) electrons. The molecule has 0 aliphatic carbocycles. The number of aliphatic carboxylic acids is 1. The number of quaternary nitrogens is 1. The van der Waals surface area contributed by atoms with Crippen molar-refractivity contribution >= 4 is 5.97 Å². The third-order valence-electron chi connectivity index (χ3n) is 2.13. The molecule has 98 valence electrons. The number of likely N-dealkylation sites (N-methyl/N-ethyl adjacent to an activating group) is 1. The lowest BCUT2D eigenvalue weighted by atomic mass is 10.2. The molecule has 1 atom stereocenters. The Hall–Kier alpha value is -0.360. The van der Waals surface area contributed by atoms with Crippen LogP contribution in [0.4, 0.5) is 0 Å². The van der Waals surface area contributed by atoms with Crippen LogP contribution < -0.4 is 17.7 Å². The van der Waals surface area contributed by atoms with Gasteiger partial charge in [0.1, 0.15) is 12.6 Å². The summed E-state index contributed by atoms with van der Waals surface area (Å²) < 4.78 is 0.844. The van der Waals surface area contributed by atoms with Crippen molar-refractivity contribution < 1.29 is 31.9 Å². The summed E-state index contributed by atoms with van der Waals surface area (Å²) in [5.74, 6) is -0.720. The SMILES string of the molecule is C[N+](C)(C)CCO.O=C(O)C1CCCN1.[Cl-]. The van der Waals surface area contributed by atoms with Crippen molar-refractivity contribution in [3.8, 4) is 0 Å². The van der Waals surface area contributed by atoms with E-state index in [1.807, 2.05) is 0 Å². The van der Waals surface area contributed by atoms with Gasteiger partial charge in [0.25, 0.3) is 0 Å². The minimum atomic E-state index is -0.720. The van der Waals surface area contributed by atoms with Crippen LogP contribution >= 0.6 is 0 Å². The Kier molecular flexibility index (Phi) is 9.86. The van der Waals surface area contributed by atoms with Gasteiger partial charge >= 0.3 is 5.97 Å². The molecule has 1 aliphatic heterocycles. The third-order valence-corrected chi connectivity index (χ3v) is 2.13. The van der Waals surface area contributed by atoms with E-state index in [9.17, 15) is 4.79 Å². The van der Waals surface area contributed by atoms with E-state index in [1.165, 1.54) is 0 Å². The first-order chi connectivity index (χ1) is 6.87. The van der Waals surface area contributed by atoms with Crippen molar-refractivity contribution in [2.45, 2.75) is 18.9 Å². The summed E-state index contributed by atoms with van der Waals surface area (Å²) >= 11 is 0. The highest BCUT2D eigenvalue weighted by Gasteiger charge is 2.20. The quantitative estimate of drug-likeness (QED) is 0.458. The fourth-order valence-electron chi connectivity index (χ4n) is 1.20. The van der Waals surface area contributed by atoms with Crippen LogP contribution in [-0.4, -0.2) is 67.5 Å². The van der Waals surface area contributed by atoms with Crippen LogP contribution in [0.3, 0.4) is 0 Å². The van der Waals surface area contributed by atoms with E-state index in [2.05, 4.69) is 26.5 Å². The van der Waals surface area contributed by atoms with Gasteiger partial charge in [-0.3, -0.25) is 4.79 Å². The Bertz CT molecular complexity index is 189. The molecule has 0 bridgehead atoms. The van der Waals surface area contributed by atoms with Gasteiger partial charge in [-0.05, 0) is 19.4 Å². The Morgan fingerprint density at radius 3 is 2.12 bits per heavy atom. The fraction of sp³-hybridized carbons (Fsp3) is 0.900. The lowest BCUT2D eigenvalue weighted by molar-refractivity contribution is -0.870. The van der Waals surface area contributed by atoms with Crippen molar-refractivity contribution in [1.29, 1.82) is 0 Å². The molecule has 0 saturated carbocycles. The van der Waals surface area contributed by atoms with Crippen LogP contribution in [0.2, 0.25) is 0 Å². The minimum absolute atomic E-state index is 0. The molecule has 0 spiro atoms. The maximum absolute atomic E-state index is 10.1. The fourth-order valence-corrected chi connectivity index (χ4v) is 1.20. The second-order valence-electron chi connectivity index (χ2n) is 4.72. The molecule has 0 aromatic carbocycles. The van der Waals surface area contributed by atoms with E-state index in [-0.39, 0.29) is 25.1 Å².